The monoisotopic (exact) mass is 363 g/mol. The van der Waals surface area contributed by atoms with Gasteiger partial charge in [-0.05, 0) is 24.3 Å². The number of Topliss-reactive ketones (excluding diaryl/α,β-unsaturated/α-hetero) is 1. The molecule has 2 aromatic heterocycles. The van der Waals surface area contributed by atoms with Crippen LogP contribution in [0.4, 0.5) is 11.4 Å². The van der Waals surface area contributed by atoms with E-state index in [1.807, 2.05) is 48.7 Å². The molecule has 0 bridgehead atoms. The largest absolute Gasteiger partial charge is 0.360 e. The van der Waals surface area contributed by atoms with Crippen molar-refractivity contribution in [3.05, 3.63) is 84.6 Å². The van der Waals surface area contributed by atoms with Gasteiger partial charge in [0.1, 0.15) is 0 Å². The molecule has 0 unspecified atom stereocenters. The van der Waals surface area contributed by atoms with Crippen LogP contribution in [0.25, 0.3) is 33.1 Å². The summed E-state index contributed by atoms with van der Waals surface area (Å²) >= 11 is 0. The van der Waals surface area contributed by atoms with E-state index in [2.05, 4.69) is 45.2 Å². The molecule has 3 aromatic carbocycles. The SMILES string of the molecule is O=C1CN(c2c(-c3c[nH]c4ccccc34)[nH]c3ccccc23)c2ccccc21. The van der Waals surface area contributed by atoms with Crippen LogP contribution in [0, 0.1) is 0 Å². The number of aromatic amines is 2. The molecule has 4 heteroatoms. The minimum Gasteiger partial charge on any atom is -0.360 e. The van der Waals surface area contributed by atoms with E-state index >= 15 is 0 Å². The Morgan fingerprint density at radius 2 is 1.46 bits per heavy atom. The Balaban J connectivity index is 1.67. The number of nitrogens with one attached hydrogen (secondary N) is 2. The van der Waals surface area contributed by atoms with Gasteiger partial charge >= 0.3 is 0 Å². The van der Waals surface area contributed by atoms with Crippen molar-refractivity contribution in [3.63, 3.8) is 0 Å². The van der Waals surface area contributed by atoms with Gasteiger partial charge in [-0.1, -0.05) is 48.5 Å². The van der Waals surface area contributed by atoms with Crippen LogP contribution in [-0.4, -0.2) is 22.3 Å². The number of anilines is 2. The highest BCUT2D eigenvalue weighted by atomic mass is 16.1. The van der Waals surface area contributed by atoms with Crippen molar-refractivity contribution in [1.82, 2.24) is 9.97 Å². The lowest BCUT2D eigenvalue weighted by atomic mass is 10.1. The summed E-state index contributed by atoms with van der Waals surface area (Å²) in [5, 5.41) is 2.28. The minimum absolute atomic E-state index is 0.158. The first-order valence-electron chi connectivity index (χ1n) is 9.38. The number of hydrogen-bond donors (Lipinski definition) is 2. The summed E-state index contributed by atoms with van der Waals surface area (Å²) in [5.74, 6) is 0.158. The lowest BCUT2D eigenvalue weighted by molar-refractivity contribution is 0.101. The average Bonchev–Trinajstić information content (AvgIpc) is 3.41. The van der Waals surface area contributed by atoms with Gasteiger partial charge in [0.15, 0.2) is 5.78 Å². The maximum Gasteiger partial charge on any atom is 0.184 e. The molecule has 0 radical (unpaired) electrons. The van der Waals surface area contributed by atoms with Crippen LogP contribution in [0.5, 0.6) is 0 Å². The number of benzene rings is 3. The third-order valence-electron chi connectivity index (χ3n) is 5.60. The number of carbonyl (C=O) groups is 1. The van der Waals surface area contributed by atoms with Gasteiger partial charge in [0.25, 0.3) is 0 Å². The third-order valence-corrected chi connectivity index (χ3v) is 5.60. The molecule has 28 heavy (non-hydrogen) atoms. The van der Waals surface area contributed by atoms with Gasteiger partial charge in [-0.3, -0.25) is 4.79 Å². The number of aromatic nitrogens is 2. The number of carbonyl (C=O) groups excluding carboxylic acids is 1. The summed E-state index contributed by atoms with van der Waals surface area (Å²) in [5.41, 5.74) is 7.12. The topological polar surface area (TPSA) is 51.9 Å². The third kappa shape index (κ3) is 2.03. The van der Waals surface area contributed by atoms with Crippen LogP contribution >= 0.6 is 0 Å². The Morgan fingerprint density at radius 3 is 2.36 bits per heavy atom. The van der Waals surface area contributed by atoms with E-state index < -0.39 is 0 Å². The molecule has 0 aliphatic carbocycles. The molecule has 0 saturated heterocycles. The molecule has 5 aromatic rings. The second kappa shape index (κ2) is 5.60. The van der Waals surface area contributed by atoms with E-state index in [0.717, 1.165) is 50.0 Å². The number of fused-ring (bicyclic) bond motifs is 3. The van der Waals surface area contributed by atoms with Gasteiger partial charge in [0.2, 0.25) is 0 Å². The van der Waals surface area contributed by atoms with E-state index in [0.29, 0.717) is 6.54 Å². The fourth-order valence-corrected chi connectivity index (χ4v) is 4.34. The van der Waals surface area contributed by atoms with Gasteiger partial charge in [-0.25, -0.2) is 0 Å². The number of H-pyrrole nitrogens is 2. The first-order valence-corrected chi connectivity index (χ1v) is 9.38. The van der Waals surface area contributed by atoms with Crippen molar-refractivity contribution >= 4 is 39.0 Å². The molecule has 3 heterocycles. The molecule has 6 rings (SSSR count). The first-order chi connectivity index (χ1) is 13.8. The van der Waals surface area contributed by atoms with Crippen molar-refractivity contribution in [2.75, 3.05) is 11.4 Å². The predicted molar refractivity (Wildman–Crippen MR) is 113 cm³/mol. The van der Waals surface area contributed by atoms with Crippen LogP contribution in [-0.2, 0) is 0 Å². The van der Waals surface area contributed by atoms with E-state index in [1.54, 1.807) is 0 Å². The molecular weight excluding hydrogens is 346 g/mol. The van der Waals surface area contributed by atoms with Gasteiger partial charge in [-0.15, -0.1) is 0 Å². The lowest BCUT2D eigenvalue weighted by Gasteiger charge is -2.20. The lowest BCUT2D eigenvalue weighted by Crippen LogP contribution is -2.16. The van der Waals surface area contributed by atoms with Crippen molar-refractivity contribution in [1.29, 1.82) is 0 Å². The normalized spacial score (nSPS) is 13.6. The molecule has 0 atom stereocenters. The maximum absolute atomic E-state index is 12.7. The Bertz CT molecular complexity index is 1380. The number of hydrogen-bond acceptors (Lipinski definition) is 2. The molecule has 2 N–H and O–H groups in total. The highest BCUT2D eigenvalue weighted by Gasteiger charge is 2.31. The summed E-state index contributed by atoms with van der Waals surface area (Å²) in [4.78, 5) is 21.8. The molecule has 134 valence electrons. The van der Waals surface area contributed by atoms with Crippen LogP contribution < -0.4 is 4.90 Å². The smallest absolute Gasteiger partial charge is 0.184 e. The van der Waals surface area contributed by atoms with Gasteiger partial charge in [-0.2, -0.15) is 0 Å². The molecule has 4 nitrogen and oxygen atoms in total. The zero-order valence-corrected chi connectivity index (χ0v) is 15.1. The van der Waals surface area contributed by atoms with Crippen LogP contribution in [0.15, 0.2) is 79.0 Å². The zero-order chi connectivity index (χ0) is 18.7. The Morgan fingerprint density at radius 1 is 0.750 bits per heavy atom. The van der Waals surface area contributed by atoms with Crippen molar-refractivity contribution < 1.29 is 4.79 Å². The average molecular weight is 363 g/mol. The number of rotatable bonds is 2. The highest BCUT2D eigenvalue weighted by molar-refractivity contribution is 6.15. The van der Waals surface area contributed by atoms with Gasteiger partial charge in [0, 0.05) is 39.1 Å². The highest BCUT2D eigenvalue weighted by Crippen LogP contribution is 2.45. The molecule has 1 aliphatic rings. The molecular formula is C24H17N3O. The quantitative estimate of drug-likeness (QED) is 0.426. The van der Waals surface area contributed by atoms with Crippen LogP contribution in [0.3, 0.4) is 0 Å². The molecule has 0 spiro atoms. The molecule has 0 fully saturated rings. The van der Waals surface area contributed by atoms with Crippen molar-refractivity contribution in [3.8, 4) is 11.3 Å². The number of para-hydroxylation sites is 3. The van der Waals surface area contributed by atoms with Gasteiger partial charge in [0.05, 0.1) is 23.6 Å². The Labute approximate surface area is 161 Å². The molecule has 1 aliphatic heterocycles. The van der Waals surface area contributed by atoms with Crippen LogP contribution in [0.1, 0.15) is 10.4 Å². The molecule has 0 amide bonds. The van der Waals surface area contributed by atoms with Crippen molar-refractivity contribution in [2.24, 2.45) is 0 Å². The Hall–Kier alpha value is -3.79. The van der Waals surface area contributed by atoms with E-state index in [-0.39, 0.29) is 5.78 Å². The van der Waals surface area contributed by atoms with Crippen molar-refractivity contribution in [2.45, 2.75) is 0 Å². The first kappa shape index (κ1) is 15.3. The number of ketones is 1. The molecule has 0 saturated carbocycles. The summed E-state index contributed by atoms with van der Waals surface area (Å²) in [6.07, 6.45) is 2.04. The standard InChI is InChI=1S/C24H17N3O/c28-22-14-27(21-12-6-3-9-17(21)22)24-16-8-2-5-11-20(16)26-23(24)18-13-25-19-10-4-1-7-15(18)19/h1-13,25-26H,14H2. The predicted octanol–water partition coefficient (Wildman–Crippen LogP) is 5.65. The van der Waals surface area contributed by atoms with E-state index in [4.69, 9.17) is 0 Å². The van der Waals surface area contributed by atoms with Crippen LogP contribution in [0.2, 0.25) is 0 Å². The minimum atomic E-state index is 0.158. The second-order valence-corrected chi connectivity index (χ2v) is 7.17. The Kier molecular flexibility index (Phi) is 3.06. The van der Waals surface area contributed by atoms with E-state index in [1.165, 1.54) is 0 Å². The summed E-state index contributed by atoms with van der Waals surface area (Å²) in [6.45, 7) is 0.358. The fourth-order valence-electron chi connectivity index (χ4n) is 4.34. The second-order valence-electron chi connectivity index (χ2n) is 7.17. The van der Waals surface area contributed by atoms with Gasteiger partial charge < -0.3 is 14.9 Å². The maximum atomic E-state index is 12.7. The fraction of sp³-hybridized carbons (Fsp3) is 0.0417. The summed E-state index contributed by atoms with van der Waals surface area (Å²) < 4.78 is 0. The summed E-state index contributed by atoms with van der Waals surface area (Å²) in [7, 11) is 0. The zero-order valence-electron chi connectivity index (χ0n) is 15.1. The number of nitrogens with zero attached hydrogens (tertiary/aromatic N) is 1. The van der Waals surface area contributed by atoms with E-state index in [9.17, 15) is 4.79 Å². The summed E-state index contributed by atoms with van der Waals surface area (Å²) in [6, 6.07) is 24.4.